The van der Waals surface area contributed by atoms with Crippen LogP contribution in [0.3, 0.4) is 0 Å². The van der Waals surface area contributed by atoms with Gasteiger partial charge in [0.1, 0.15) is 30.5 Å². The molecule has 10 nitrogen and oxygen atoms in total. The summed E-state index contributed by atoms with van der Waals surface area (Å²) in [6.45, 7) is 0.212. The number of phosphoric ester groups is 1. The molecule has 0 amide bonds. The third-order valence-corrected chi connectivity index (χ3v) is 11.2. The highest BCUT2D eigenvalue weighted by Gasteiger charge is 2.51. The van der Waals surface area contributed by atoms with Gasteiger partial charge in [-0.2, -0.15) is 0 Å². The van der Waals surface area contributed by atoms with E-state index in [1.54, 1.807) is 0 Å². The second-order valence-electron chi connectivity index (χ2n) is 14.4. The smallest absolute Gasteiger partial charge is 0.388 e. The summed E-state index contributed by atoms with van der Waals surface area (Å²) < 4.78 is 65.5. The van der Waals surface area contributed by atoms with Gasteiger partial charge in [-0.3, -0.25) is 13.6 Å². The molecule has 1 N–H and O–H groups in total. The van der Waals surface area contributed by atoms with Gasteiger partial charge in [-0.1, -0.05) is 182 Å². The molecule has 1 aliphatic heterocycles. The number of hydrogen-bond donors (Lipinski definition) is 1. The van der Waals surface area contributed by atoms with Gasteiger partial charge in [0.2, 0.25) is 0 Å². The summed E-state index contributed by atoms with van der Waals surface area (Å²) in [6, 6.07) is 57.6. The lowest BCUT2D eigenvalue weighted by Gasteiger charge is -2.47. The van der Waals surface area contributed by atoms with Gasteiger partial charge in [0.15, 0.2) is 6.29 Å². The Balaban J connectivity index is 1.19. The van der Waals surface area contributed by atoms with Crippen molar-refractivity contribution in [2.75, 3.05) is 6.61 Å². The van der Waals surface area contributed by atoms with Gasteiger partial charge in [0, 0.05) is 0 Å². The average molecular weight is 831 g/mol. The summed E-state index contributed by atoms with van der Waals surface area (Å²) >= 11 is 0. The van der Waals surface area contributed by atoms with E-state index in [1.165, 1.54) is 0 Å². The Labute approximate surface area is 352 Å². The first-order valence-corrected chi connectivity index (χ1v) is 21.5. The monoisotopic (exact) mass is 830 g/mol. The first-order chi connectivity index (χ1) is 29.5. The highest BCUT2D eigenvalue weighted by Crippen LogP contribution is 2.51. The molecule has 0 aromatic heterocycles. The van der Waals surface area contributed by atoms with Crippen LogP contribution < -0.4 is 0 Å². The molecule has 11 heteroatoms. The summed E-state index contributed by atoms with van der Waals surface area (Å²) in [6.07, 6.45) is -6.18. The van der Waals surface area contributed by atoms with Gasteiger partial charge in [0.25, 0.3) is 0 Å². The number of phosphoric acid groups is 1. The van der Waals surface area contributed by atoms with E-state index in [4.69, 9.17) is 37.3 Å². The zero-order valence-corrected chi connectivity index (χ0v) is 34.2. The average Bonchev–Trinajstić information content (AvgIpc) is 3.31. The maximum Gasteiger partial charge on any atom is 0.475 e. The molecule has 0 spiro atoms. The van der Waals surface area contributed by atoms with Crippen LogP contribution in [-0.4, -0.2) is 48.5 Å². The fourth-order valence-electron chi connectivity index (χ4n) is 6.72. The Morgan fingerprint density at radius 1 is 0.417 bits per heavy atom. The standard InChI is InChI=1S/C49H51O10P/c50-44(37-58-60(51,56-35-42-27-15-5-16-28-42)57-36-43-29-17-6-18-30-43)45-46(52-31-38-19-7-1-8-20-38)47(53-32-39-21-9-2-10-22-39)48(54-33-40-23-11-3-12-24-40)49(59-45)55-34-41-25-13-4-14-26-41/h1-30,44-50H,31-37H2/t44-,45-,46-,47+,48+,49+/m1/s1. The molecule has 0 saturated carbocycles. The molecule has 60 heavy (non-hydrogen) atoms. The first-order valence-electron chi connectivity index (χ1n) is 20.1. The summed E-state index contributed by atoms with van der Waals surface area (Å²) in [7, 11) is -4.27. The molecule has 0 bridgehead atoms. The number of hydrogen-bond acceptors (Lipinski definition) is 10. The van der Waals surface area contributed by atoms with Gasteiger partial charge < -0.3 is 28.8 Å². The topological polar surface area (TPSA) is 111 Å². The van der Waals surface area contributed by atoms with E-state index in [2.05, 4.69) is 0 Å². The predicted molar refractivity (Wildman–Crippen MR) is 227 cm³/mol. The van der Waals surface area contributed by atoms with Crippen LogP contribution in [-0.2, 0) is 81.5 Å². The molecule has 1 aliphatic rings. The van der Waals surface area contributed by atoms with Crippen molar-refractivity contribution in [3.8, 4) is 0 Å². The number of ether oxygens (including phenoxy) is 5. The molecule has 0 aliphatic carbocycles. The van der Waals surface area contributed by atoms with Crippen molar-refractivity contribution >= 4 is 7.82 Å². The lowest BCUT2D eigenvalue weighted by atomic mass is 9.94. The number of rotatable bonds is 22. The molecule has 6 aromatic carbocycles. The van der Waals surface area contributed by atoms with Crippen molar-refractivity contribution in [2.45, 2.75) is 76.5 Å². The van der Waals surface area contributed by atoms with Crippen molar-refractivity contribution in [1.82, 2.24) is 0 Å². The van der Waals surface area contributed by atoms with Gasteiger partial charge in [0.05, 0.1) is 46.2 Å². The predicted octanol–water partition coefficient (Wildman–Crippen LogP) is 9.60. The van der Waals surface area contributed by atoms with Crippen molar-refractivity contribution < 1.29 is 46.9 Å². The van der Waals surface area contributed by atoms with Gasteiger partial charge >= 0.3 is 7.82 Å². The van der Waals surface area contributed by atoms with E-state index < -0.39 is 51.2 Å². The molecule has 1 fully saturated rings. The molecule has 312 valence electrons. The lowest BCUT2D eigenvalue weighted by molar-refractivity contribution is -0.337. The molecule has 0 unspecified atom stereocenters. The van der Waals surface area contributed by atoms with Crippen LogP contribution >= 0.6 is 7.82 Å². The van der Waals surface area contributed by atoms with E-state index in [0.29, 0.717) is 0 Å². The van der Waals surface area contributed by atoms with Gasteiger partial charge in [-0.25, -0.2) is 4.57 Å². The summed E-state index contributed by atoms with van der Waals surface area (Å²) in [5.41, 5.74) is 5.24. The van der Waals surface area contributed by atoms with Crippen LogP contribution in [0, 0.1) is 0 Å². The Morgan fingerprint density at radius 2 is 0.733 bits per heavy atom. The lowest BCUT2D eigenvalue weighted by Crippen LogP contribution is -2.63. The van der Waals surface area contributed by atoms with Crippen molar-refractivity contribution in [3.05, 3.63) is 215 Å². The van der Waals surface area contributed by atoms with E-state index >= 15 is 0 Å². The van der Waals surface area contributed by atoms with E-state index in [9.17, 15) is 9.67 Å². The molecule has 7 rings (SSSR count). The maximum atomic E-state index is 14.3. The van der Waals surface area contributed by atoms with Crippen molar-refractivity contribution in [3.63, 3.8) is 0 Å². The molecule has 6 aromatic rings. The molecule has 1 saturated heterocycles. The van der Waals surface area contributed by atoms with E-state index in [-0.39, 0.29) is 39.6 Å². The Kier molecular flexibility index (Phi) is 16.4. The third-order valence-electron chi connectivity index (χ3n) is 9.89. The van der Waals surface area contributed by atoms with Gasteiger partial charge in [-0.05, 0) is 33.4 Å². The minimum Gasteiger partial charge on any atom is -0.388 e. The molecule has 6 atom stereocenters. The molecule has 0 radical (unpaired) electrons. The zero-order chi connectivity index (χ0) is 41.2. The van der Waals surface area contributed by atoms with Crippen LogP contribution in [0.5, 0.6) is 0 Å². The van der Waals surface area contributed by atoms with Crippen LogP contribution in [0.2, 0.25) is 0 Å². The SMILES string of the molecule is O=P(OCc1ccccc1)(OCc1ccccc1)OC[C@@H](O)[C@H]1O[C@H](OCc2ccccc2)[C@@H](OCc2ccccc2)[C@@H](OCc2ccccc2)[C@@H]1OCc1ccccc1. The quantitative estimate of drug-likeness (QED) is 0.0665. The van der Waals surface area contributed by atoms with Crippen molar-refractivity contribution in [1.29, 1.82) is 0 Å². The van der Waals surface area contributed by atoms with Crippen LogP contribution in [0.15, 0.2) is 182 Å². The van der Waals surface area contributed by atoms with Gasteiger partial charge in [-0.15, -0.1) is 0 Å². The second kappa shape index (κ2) is 22.7. The first kappa shape index (κ1) is 43.3. The van der Waals surface area contributed by atoms with Crippen LogP contribution in [0.1, 0.15) is 33.4 Å². The minimum absolute atomic E-state index is 0.0447. The maximum absolute atomic E-state index is 14.3. The summed E-state index contributed by atoms with van der Waals surface area (Å²) in [4.78, 5) is 0. The third kappa shape index (κ3) is 13.1. The van der Waals surface area contributed by atoms with Crippen LogP contribution in [0.4, 0.5) is 0 Å². The highest BCUT2D eigenvalue weighted by molar-refractivity contribution is 7.48. The molecule has 1 heterocycles. The van der Waals surface area contributed by atoms with Crippen molar-refractivity contribution in [2.24, 2.45) is 0 Å². The Hall–Kier alpha value is -4.81. The van der Waals surface area contributed by atoms with E-state index in [0.717, 1.165) is 33.4 Å². The fraction of sp³-hybridized carbons (Fsp3) is 0.265. The normalized spacial score (nSPS) is 19.8. The highest BCUT2D eigenvalue weighted by atomic mass is 31.2. The number of aliphatic hydroxyl groups is 1. The zero-order valence-electron chi connectivity index (χ0n) is 33.3. The summed E-state index contributed by atoms with van der Waals surface area (Å²) in [5.74, 6) is 0. The summed E-state index contributed by atoms with van der Waals surface area (Å²) in [5, 5.41) is 12.2. The second-order valence-corrected chi connectivity index (χ2v) is 16.0. The Bertz CT molecular complexity index is 2090. The van der Waals surface area contributed by atoms with Crippen LogP contribution in [0.25, 0.3) is 0 Å². The Morgan fingerprint density at radius 3 is 1.12 bits per heavy atom. The molecular weight excluding hydrogens is 780 g/mol. The van der Waals surface area contributed by atoms with E-state index in [1.807, 2.05) is 182 Å². The fourth-order valence-corrected chi connectivity index (χ4v) is 7.89. The molecular formula is C49H51O10P. The largest absolute Gasteiger partial charge is 0.475 e. The number of benzene rings is 6. The minimum atomic E-state index is -4.27. The number of aliphatic hydroxyl groups excluding tert-OH is 1.